The van der Waals surface area contributed by atoms with Crippen molar-refractivity contribution in [2.24, 2.45) is 0 Å². The van der Waals surface area contributed by atoms with E-state index in [0.717, 1.165) is 49.3 Å². The Labute approximate surface area is 185 Å². The number of pyridine rings is 1. The van der Waals surface area contributed by atoms with Crippen LogP contribution in [0.1, 0.15) is 17.3 Å². The van der Waals surface area contributed by atoms with Gasteiger partial charge < -0.3 is 14.8 Å². The van der Waals surface area contributed by atoms with Crippen molar-refractivity contribution in [3.05, 3.63) is 76.7 Å². The van der Waals surface area contributed by atoms with Gasteiger partial charge in [-0.15, -0.1) is 5.10 Å². The van der Waals surface area contributed by atoms with Gasteiger partial charge >= 0.3 is 0 Å². The van der Waals surface area contributed by atoms with Crippen molar-refractivity contribution >= 4 is 16.8 Å². The summed E-state index contributed by atoms with van der Waals surface area (Å²) in [7, 11) is 0. The maximum absolute atomic E-state index is 12.8. The summed E-state index contributed by atoms with van der Waals surface area (Å²) in [4.78, 5) is 32.5. The van der Waals surface area contributed by atoms with Crippen LogP contribution < -0.4 is 5.56 Å². The minimum Gasteiger partial charge on any atom is -0.336 e. The summed E-state index contributed by atoms with van der Waals surface area (Å²) in [5, 5.41) is 9.30. The average molecular weight is 428 g/mol. The van der Waals surface area contributed by atoms with Crippen LogP contribution in [0, 0.1) is 0 Å². The Bertz CT molecular complexity index is 1320. The Morgan fingerprint density at radius 3 is 2.53 bits per heavy atom. The first kappa shape index (κ1) is 20.1. The molecule has 0 aliphatic carbocycles. The van der Waals surface area contributed by atoms with Gasteiger partial charge in [0.15, 0.2) is 0 Å². The molecule has 3 heterocycles. The number of H-pyrrole nitrogens is 1. The Kier molecular flexibility index (Phi) is 5.28. The first-order chi connectivity index (χ1) is 15.6. The van der Waals surface area contributed by atoms with Gasteiger partial charge in [-0.2, -0.15) is 0 Å². The molecule has 1 N–H and O–H groups in total. The Morgan fingerprint density at radius 1 is 1.03 bits per heavy atom. The maximum Gasteiger partial charge on any atom is 0.258 e. The molecular formula is C24H24N6O2. The van der Waals surface area contributed by atoms with Gasteiger partial charge in [-0.25, -0.2) is 4.68 Å². The van der Waals surface area contributed by atoms with Crippen molar-refractivity contribution in [2.75, 3.05) is 32.7 Å². The first-order valence-electron chi connectivity index (χ1n) is 10.8. The molecule has 5 rings (SSSR count). The van der Waals surface area contributed by atoms with Crippen molar-refractivity contribution < 1.29 is 4.79 Å². The van der Waals surface area contributed by atoms with E-state index in [4.69, 9.17) is 0 Å². The maximum atomic E-state index is 12.8. The number of carbonyl (C=O) groups excluding carboxylic acids is 1. The van der Waals surface area contributed by atoms with E-state index in [-0.39, 0.29) is 11.5 Å². The molecule has 32 heavy (non-hydrogen) atoms. The molecule has 0 atom stereocenters. The SMILES string of the molecule is CCN1CCN(C(=O)c2ccc(-n3cc(-c4cc5ccccc5[nH]c4=O)nn3)cc2)CC1. The lowest BCUT2D eigenvalue weighted by Crippen LogP contribution is -2.48. The second-order valence-corrected chi connectivity index (χ2v) is 7.92. The highest BCUT2D eigenvalue weighted by atomic mass is 16.2. The summed E-state index contributed by atoms with van der Waals surface area (Å²) in [6.45, 7) is 6.48. The van der Waals surface area contributed by atoms with Gasteiger partial charge in [0.05, 0.1) is 17.4 Å². The fourth-order valence-corrected chi connectivity index (χ4v) is 4.06. The highest BCUT2D eigenvalue weighted by molar-refractivity contribution is 5.94. The molecule has 0 spiro atoms. The number of hydrogen-bond donors (Lipinski definition) is 1. The van der Waals surface area contributed by atoms with Crippen LogP contribution >= 0.6 is 0 Å². The molecule has 1 amide bonds. The van der Waals surface area contributed by atoms with Crippen molar-refractivity contribution in [3.63, 3.8) is 0 Å². The van der Waals surface area contributed by atoms with E-state index in [1.54, 1.807) is 10.9 Å². The quantitative estimate of drug-likeness (QED) is 0.540. The molecular weight excluding hydrogens is 404 g/mol. The number of amides is 1. The van der Waals surface area contributed by atoms with Gasteiger partial charge in [-0.05, 0) is 48.3 Å². The molecule has 1 saturated heterocycles. The Morgan fingerprint density at radius 2 is 1.78 bits per heavy atom. The van der Waals surface area contributed by atoms with Crippen LogP contribution in [0.3, 0.4) is 0 Å². The lowest BCUT2D eigenvalue weighted by Gasteiger charge is -2.34. The molecule has 0 unspecified atom stereocenters. The zero-order valence-electron chi connectivity index (χ0n) is 17.9. The van der Waals surface area contributed by atoms with Crippen LogP contribution in [0.15, 0.2) is 65.6 Å². The van der Waals surface area contributed by atoms with Gasteiger partial charge in [-0.1, -0.05) is 30.3 Å². The van der Waals surface area contributed by atoms with E-state index in [1.165, 1.54) is 0 Å². The van der Waals surface area contributed by atoms with Crippen LogP contribution in [-0.2, 0) is 0 Å². The average Bonchev–Trinajstić information content (AvgIpc) is 3.33. The van der Waals surface area contributed by atoms with E-state index in [0.29, 0.717) is 16.8 Å². The third-order valence-electron chi connectivity index (χ3n) is 6.01. The lowest BCUT2D eigenvalue weighted by atomic mass is 10.1. The van der Waals surface area contributed by atoms with Crippen LogP contribution in [0.5, 0.6) is 0 Å². The molecule has 8 heteroatoms. The summed E-state index contributed by atoms with van der Waals surface area (Å²) < 4.78 is 1.61. The number of fused-ring (bicyclic) bond motifs is 1. The molecule has 2 aromatic carbocycles. The molecule has 1 aliphatic heterocycles. The Hall–Kier alpha value is -3.78. The third-order valence-corrected chi connectivity index (χ3v) is 6.01. The van der Waals surface area contributed by atoms with Crippen LogP contribution in [0.2, 0.25) is 0 Å². The number of aromatic nitrogens is 4. The molecule has 0 saturated carbocycles. The third kappa shape index (κ3) is 3.80. The number of likely N-dealkylation sites (N-methyl/N-ethyl adjacent to an activating group) is 1. The molecule has 162 valence electrons. The van der Waals surface area contributed by atoms with Gasteiger partial charge in [0.2, 0.25) is 0 Å². The molecule has 1 aliphatic rings. The standard InChI is InChI=1S/C24H24N6O2/c1-2-28-11-13-29(14-12-28)24(32)17-7-9-19(10-8-17)30-16-22(26-27-30)20-15-18-5-3-4-6-21(18)25-23(20)31/h3-10,15-16H,2,11-14H2,1H3,(H,25,31). The van der Waals surface area contributed by atoms with Crippen LogP contribution in [0.4, 0.5) is 0 Å². The summed E-state index contributed by atoms with van der Waals surface area (Å²) >= 11 is 0. The van der Waals surface area contributed by atoms with E-state index in [9.17, 15) is 9.59 Å². The van der Waals surface area contributed by atoms with E-state index in [1.807, 2.05) is 59.5 Å². The monoisotopic (exact) mass is 428 g/mol. The summed E-state index contributed by atoms with van der Waals surface area (Å²) in [5.41, 5.74) is 2.96. The number of nitrogens with one attached hydrogen (secondary N) is 1. The van der Waals surface area contributed by atoms with E-state index < -0.39 is 0 Å². The van der Waals surface area contributed by atoms with E-state index in [2.05, 4.69) is 27.1 Å². The molecule has 2 aromatic heterocycles. The second kappa shape index (κ2) is 8.39. The molecule has 4 aromatic rings. The predicted molar refractivity (Wildman–Crippen MR) is 123 cm³/mol. The number of nitrogens with zero attached hydrogens (tertiary/aromatic N) is 5. The highest BCUT2D eigenvalue weighted by Crippen LogP contribution is 2.19. The lowest BCUT2D eigenvalue weighted by molar-refractivity contribution is 0.0643. The minimum atomic E-state index is -0.208. The zero-order chi connectivity index (χ0) is 22.1. The van der Waals surface area contributed by atoms with Crippen LogP contribution in [-0.4, -0.2) is 68.4 Å². The second-order valence-electron chi connectivity index (χ2n) is 7.92. The van der Waals surface area contributed by atoms with Crippen LogP contribution in [0.25, 0.3) is 27.8 Å². The number of piperazine rings is 1. The Balaban J connectivity index is 1.35. The highest BCUT2D eigenvalue weighted by Gasteiger charge is 2.21. The molecule has 1 fully saturated rings. The largest absolute Gasteiger partial charge is 0.336 e. The van der Waals surface area contributed by atoms with Crippen molar-refractivity contribution in [1.82, 2.24) is 29.8 Å². The summed E-state index contributed by atoms with van der Waals surface area (Å²) in [6.07, 6.45) is 1.72. The summed E-state index contributed by atoms with van der Waals surface area (Å²) in [5.74, 6) is 0.0503. The number of benzene rings is 2. The van der Waals surface area contributed by atoms with Gasteiger partial charge in [0.25, 0.3) is 11.5 Å². The summed E-state index contributed by atoms with van der Waals surface area (Å²) in [6, 6.07) is 16.8. The van der Waals surface area contributed by atoms with Crippen molar-refractivity contribution in [2.45, 2.75) is 6.92 Å². The topological polar surface area (TPSA) is 87.1 Å². The van der Waals surface area contributed by atoms with Crippen molar-refractivity contribution in [1.29, 1.82) is 0 Å². The fourth-order valence-electron chi connectivity index (χ4n) is 4.06. The minimum absolute atomic E-state index is 0.0503. The smallest absolute Gasteiger partial charge is 0.258 e. The zero-order valence-corrected chi connectivity index (χ0v) is 17.9. The van der Waals surface area contributed by atoms with Gasteiger partial charge in [-0.3, -0.25) is 9.59 Å². The number of hydrogen-bond acceptors (Lipinski definition) is 5. The number of para-hydroxylation sites is 1. The normalized spacial score (nSPS) is 14.7. The number of carbonyl (C=O) groups is 1. The molecule has 0 radical (unpaired) electrons. The van der Waals surface area contributed by atoms with E-state index >= 15 is 0 Å². The first-order valence-corrected chi connectivity index (χ1v) is 10.8. The molecule has 0 bridgehead atoms. The van der Waals surface area contributed by atoms with Crippen molar-refractivity contribution in [3.8, 4) is 16.9 Å². The number of rotatable bonds is 4. The van der Waals surface area contributed by atoms with Gasteiger partial charge in [0, 0.05) is 37.3 Å². The molecule has 8 nitrogen and oxygen atoms in total. The fraction of sp³-hybridized carbons (Fsp3) is 0.250. The predicted octanol–water partition coefficient (Wildman–Crippen LogP) is 2.55. The van der Waals surface area contributed by atoms with Gasteiger partial charge in [0.1, 0.15) is 5.69 Å². The number of aromatic amines is 1.